The molecule has 2 unspecified atom stereocenters. The summed E-state index contributed by atoms with van der Waals surface area (Å²) in [5.74, 6) is -0.132. The molecule has 0 saturated heterocycles. The number of benzene rings is 1. The van der Waals surface area contributed by atoms with Gasteiger partial charge in [-0.3, -0.25) is 4.79 Å². The first-order valence-electron chi connectivity index (χ1n) is 7.31. The van der Waals surface area contributed by atoms with Crippen LogP contribution in [0.4, 0.5) is 0 Å². The van der Waals surface area contributed by atoms with Gasteiger partial charge in [0.15, 0.2) is 0 Å². The summed E-state index contributed by atoms with van der Waals surface area (Å²) in [6.07, 6.45) is 4.45. The first kappa shape index (κ1) is 13.2. The van der Waals surface area contributed by atoms with Crippen molar-refractivity contribution in [3.8, 4) is 0 Å². The zero-order valence-corrected chi connectivity index (χ0v) is 11.4. The molecule has 4 nitrogen and oxygen atoms in total. The molecule has 1 amide bonds. The van der Waals surface area contributed by atoms with Gasteiger partial charge in [0.05, 0.1) is 12.1 Å². The number of hydrogen-bond acceptors (Lipinski definition) is 2. The van der Waals surface area contributed by atoms with Crippen LogP contribution in [-0.4, -0.2) is 28.1 Å². The summed E-state index contributed by atoms with van der Waals surface area (Å²) in [6.45, 7) is 0. The van der Waals surface area contributed by atoms with Crippen LogP contribution in [0.25, 0.3) is 10.9 Å². The summed E-state index contributed by atoms with van der Waals surface area (Å²) in [5, 5.41) is 14.1. The number of rotatable bonds is 2. The van der Waals surface area contributed by atoms with Crippen molar-refractivity contribution in [3.63, 3.8) is 0 Å². The van der Waals surface area contributed by atoms with Crippen molar-refractivity contribution >= 4 is 16.8 Å². The summed E-state index contributed by atoms with van der Waals surface area (Å²) in [5.41, 5.74) is 1.52. The Hall–Kier alpha value is -1.81. The SMILES string of the molecule is O=C(NC1CCCCCC1O)c1cc2ccccc2[nH]1. The number of hydrogen-bond donors (Lipinski definition) is 3. The summed E-state index contributed by atoms with van der Waals surface area (Å²) < 4.78 is 0. The number of fused-ring (bicyclic) bond motifs is 1. The van der Waals surface area contributed by atoms with Gasteiger partial charge in [-0.05, 0) is 25.0 Å². The van der Waals surface area contributed by atoms with E-state index in [9.17, 15) is 9.90 Å². The molecule has 2 aromatic rings. The van der Waals surface area contributed by atoms with Gasteiger partial charge in [-0.15, -0.1) is 0 Å². The van der Waals surface area contributed by atoms with Gasteiger partial charge in [-0.25, -0.2) is 0 Å². The summed E-state index contributed by atoms with van der Waals surface area (Å²) in [4.78, 5) is 15.4. The Labute approximate surface area is 118 Å². The highest BCUT2D eigenvalue weighted by Gasteiger charge is 2.24. The van der Waals surface area contributed by atoms with E-state index in [2.05, 4.69) is 10.3 Å². The Morgan fingerprint density at radius 3 is 2.85 bits per heavy atom. The van der Waals surface area contributed by atoms with Gasteiger partial charge in [-0.1, -0.05) is 37.5 Å². The number of aliphatic hydroxyl groups is 1. The number of para-hydroxylation sites is 1. The molecule has 1 aromatic carbocycles. The van der Waals surface area contributed by atoms with Gasteiger partial charge in [0.1, 0.15) is 5.69 Å². The Balaban J connectivity index is 1.74. The molecule has 1 aliphatic carbocycles. The van der Waals surface area contributed by atoms with Gasteiger partial charge < -0.3 is 15.4 Å². The van der Waals surface area contributed by atoms with Crippen molar-refractivity contribution in [2.75, 3.05) is 0 Å². The molecule has 3 N–H and O–H groups in total. The number of H-pyrrole nitrogens is 1. The fourth-order valence-corrected chi connectivity index (χ4v) is 2.90. The maximum atomic E-state index is 12.3. The lowest BCUT2D eigenvalue weighted by Gasteiger charge is -2.21. The Bertz CT molecular complexity index is 572. The largest absolute Gasteiger partial charge is 0.391 e. The molecule has 20 heavy (non-hydrogen) atoms. The van der Waals surface area contributed by atoms with Crippen LogP contribution in [0.2, 0.25) is 0 Å². The normalized spacial score (nSPS) is 23.4. The molecule has 1 saturated carbocycles. The molecule has 0 spiro atoms. The first-order valence-corrected chi connectivity index (χ1v) is 7.31. The standard InChI is InChI=1S/C16H20N2O2/c19-15-9-3-1-2-8-13(15)18-16(20)14-10-11-6-4-5-7-12(11)17-14/h4-7,10,13,15,17,19H,1-3,8-9H2,(H,18,20). The van der Waals surface area contributed by atoms with Crippen LogP contribution in [0, 0.1) is 0 Å². The molecule has 1 heterocycles. The fourth-order valence-electron chi connectivity index (χ4n) is 2.90. The van der Waals surface area contributed by atoms with E-state index in [-0.39, 0.29) is 11.9 Å². The van der Waals surface area contributed by atoms with Crippen molar-refractivity contribution < 1.29 is 9.90 Å². The number of aliphatic hydroxyl groups excluding tert-OH is 1. The fraction of sp³-hybridized carbons (Fsp3) is 0.438. The lowest BCUT2D eigenvalue weighted by molar-refractivity contribution is 0.0815. The van der Waals surface area contributed by atoms with Crippen molar-refractivity contribution in [1.82, 2.24) is 10.3 Å². The van der Waals surface area contributed by atoms with E-state index < -0.39 is 6.10 Å². The highest BCUT2D eigenvalue weighted by Crippen LogP contribution is 2.19. The first-order chi connectivity index (χ1) is 9.74. The molecular weight excluding hydrogens is 252 g/mol. The molecule has 1 aromatic heterocycles. The van der Waals surface area contributed by atoms with E-state index in [1.807, 2.05) is 30.3 Å². The van der Waals surface area contributed by atoms with Crippen LogP contribution < -0.4 is 5.32 Å². The van der Waals surface area contributed by atoms with Crippen LogP contribution in [0.5, 0.6) is 0 Å². The molecular formula is C16H20N2O2. The van der Waals surface area contributed by atoms with Crippen LogP contribution in [0.15, 0.2) is 30.3 Å². The third-order valence-corrected chi connectivity index (χ3v) is 4.07. The number of nitrogens with one attached hydrogen (secondary N) is 2. The molecule has 106 valence electrons. The second kappa shape index (κ2) is 5.67. The van der Waals surface area contributed by atoms with E-state index >= 15 is 0 Å². The van der Waals surface area contributed by atoms with Crippen molar-refractivity contribution in [2.45, 2.75) is 44.2 Å². The Morgan fingerprint density at radius 2 is 2.00 bits per heavy atom. The smallest absolute Gasteiger partial charge is 0.268 e. The monoisotopic (exact) mass is 272 g/mol. The van der Waals surface area contributed by atoms with E-state index in [0.717, 1.165) is 43.0 Å². The van der Waals surface area contributed by atoms with E-state index in [1.165, 1.54) is 0 Å². The lowest BCUT2D eigenvalue weighted by atomic mass is 10.1. The minimum Gasteiger partial charge on any atom is -0.391 e. The summed E-state index contributed by atoms with van der Waals surface area (Å²) >= 11 is 0. The second-order valence-electron chi connectivity index (χ2n) is 5.56. The lowest BCUT2D eigenvalue weighted by Crippen LogP contribution is -2.42. The predicted octanol–water partition coefficient (Wildman–Crippen LogP) is 2.59. The average molecular weight is 272 g/mol. The summed E-state index contributed by atoms with van der Waals surface area (Å²) in [7, 11) is 0. The quantitative estimate of drug-likeness (QED) is 0.736. The van der Waals surface area contributed by atoms with Gasteiger partial charge >= 0.3 is 0 Å². The van der Waals surface area contributed by atoms with Crippen LogP contribution >= 0.6 is 0 Å². The third-order valence-electron chi connectivity index (χ3n) is 4.07. The summed E-state index contributed by atoms with van der Waals surface area (Å²) in [6, 6.07) is 9.54. The van der Waals surface area contributed by atoms with E-state index in [0.29, 0.717) is 5.69 Å². The number of amides is 1. The maximum Gasteiger partial charge on any atom is 0.268 e. The zero-order chi connectivity index (χ0) is 13.9. The molecule has 2 atom stereocenters. The second-order valence-corrected chi connectivity index (χ2v) is 5.56. The van der Waals surface area contributed by atoms with E-state index in [4.69, 9.17) is 0 Å². The van der Waals surface area contributed by atoms with Gasteiger partial charge in [0.25, 0.3) is 5.91 Å². The highest BCUT2D eigenvalue weighted by molar-refractivity contribution is 5.98. The van der Waals surface area contributed by atoms with Gasteiger partial charge in [-0.2, -0.15) is 0 Å². The minimum absolute atomic E-state index is 0.128. The van der Waals surface area contributed by atoms with Crippen molar-refractivity contribution in [3.05, 3.63) is 36.0 Å². The molecule has 0 aliphatic heterocycles. The molecule has 1 fully saturated rings. The predicted molar refractivity (Wildman–Crippen MR) is 78.6 cm³/mol. The minimum atomic E-state index is -0.425. The van der Waals surface area contributed by atoms with Crippen LogP contribution in [0.3, 0.4) is 0 Å². The topological polar surface area (TPSA) is 65.1 Å². The van der Waals surface area contributed by atoms with E-state index in [1.54, 1.807) is 0 Å². The zero-order valence-electron chi connectivity index (χ0n) is 11.4. The molecule has 0 radical (unpaired) electrons. The van der Waals surface area contributed by atoms with Crippen molar-refractivity contribution in [2.24, 2.45) is 0 Å². The van der Waals surface area contributed by atoms with Crippen molar-refractivity contribution in [1.29, 1.82) is 0 Å². The molecule has 3 rings (SSSR count). The average Bonchev–Trinajstić information content (AvgIpc) is 2.79. The number of carbonyl (C=O) groups is 1. The number of aromatic amines is 1. The third kappa shape index (κ3) is 2.70. The molecule has 4 heteroatoms. The molecule has 0 bridgehead atoms. The number of carbonyl (C=O) groups excluding carboxylic acids is 1. The molecule has 1 aliphatic rings. The van der Waals surface area contributed by atoms with Gasteiger partial charge in [0.2, 0.25) is 0 Å². The Kier molecular flexibility index (Phi) is 3.74. The Morgan fingerprint density at radius 1 is 1.20 bits per heavy atom. The highest BCUT2D eigenvalue weighted by atomic mass is 16.3. The van der Waals surface area contributed by atoms with Crippen LogP contribution in [-0.2, 0) is 0 Å². The van der Waals surface area contributed by atoms with Crippen LogP contribution in [0.1, 0.15) is 42.6 Å². The maximum absolute atomic E-state index is 12.3. The number of aromatic nitrogens is 1. The van der Waals surface area contributed by atoms with Gasteiger partial charge in [0, 0.05) is 10.9 Å².